The van der Waals surface area contributed by atoms with Gasteiger partial charge in [-0.2, -0.15) is 0 Å². The fourth-order valence-corrected chi connectivity index (χ4v) is 1.78. The molecule has 84 valence electrons. The van der Waals surface area contributed by atoms with E-state index >= 15 is 0 Å². The van der Waals surface area contributed by atoms with Crippen molar-refractivity contribution in [2.24, 2.45) is 0 Å². The molecular formula is C12H20O2Si. The normalized spacial score (nSPS) is 12.9. The van der Waals surface area contributed by atoms with Crippen molar-refractivity contribution in [3.63, 3.8) is 0 Å². The third-order valence-corrected chi connectivity index (χ3v) is 2.86. The second-order valence-electron chi connectivity index (χ2n) is 3.60. The first-order chi connectivity index (χ1) is 7.36. The zero-order valence-corrected chi connectivity index (χ0v) is 11.6. The van der Waals surface area contributed by atoms with Crippen molar-refractivity contribution in [1.29, 1.82) is 0 Å². The molecule has 0 N–H and O–H groups in total. The SMILES string of the molecule is CCCCC(O[SiH3])OCc1ccccc1. The predicted octanol–water partition coefficient (Wildman–Crippen LogP) is 2.02. The lowest BCUT2D eigenvalue weighted by Gasteiger charge is -2.16. The van der Waals surface area contributed by atoms with Crippen molar-refractivity contribution < 1.29 is 9.16 Å². The molecule has 1 rings (SSSR count). The summed E-state index contributed by atoms with van der Waals surface area (Å²) in [6, 6.07) is 10.2. The molecule has 0 aliphatic heterocycles. The minimum Gasteiger partial charge on any atom is -0.404 e. The predicted molar refractivity (Wildman–Crippen MR) is 65.6 cm³/mol. The lowest BCUT2D eigenvalue weighted by Crippen LogP contribution is -2.15. The Bertz CT molecular complexity index is 251. The van der Waals surface area contributed by atoms with Gasteiger partial charge in [-0.05, 0) is 18.4 Å². The largest absolute Gasteiger partial charge is 0.404 e. The summed E-state index contributed by atoms with van der Waals surface area (Å²) in [5, 5.41) is 0. The van der Waals surface area contributed by atoms with Gasteiger partial charge < -0.3 is 9.16 Å². The van der Waals surface area contributed by atoms with E-state index in [1.807, 2.05) is 18.2 Å². The zero-order chi connectivity index (χ0) is 10.9. The van der Waals surface area contributed by atoms with Crippen molar-refractivity contribution in [2.75, 3.05) is 0 Å². The van der Waals surface area contributed by atoms with Gasteiger partial charge in [0.25, 0.3) is 0 Å². The quantitative estimate of drug-likeness (QED) is 0.521. The summed E-state index contributed by atoms with van der Waals surface area (Å²) in [6.07, 6.45) is 3.36. The maximum Gasteiger partial charge on any atom is 0.149 e. The van der Waals surface area contributed by atoms with E-state index in [1.54, 1.807) is 0 Å². The molecule has 1 unspecified atom stereocenters. The molecular weight excluding hydrogens is 204 g/mol. The average molecular weight is 224 g/mol. The van der Waals surface area contributed by atoms with Crippen LogP contribution in [0.3, 0.4) is 0 Å². The summed E-state index contributed by atoms with van der Waals surface area (Å²) in [4.78, 5) is 0. The molecule has 0 bridgehead atoms. The molecule has 0 fully saturated rings. The van der Waals surface area contributed by atoms with E-state index in [0.29, 0.717) is 6.61 Å². The van der Waals surface area contributed by atoms with Crippen LogP contribution in [0.2, 0.25) is 0 Å². The lowest BCUT2D eigenvalue weighted by molar-refractivity contribution is -0.0910. The molecule has 0 amide bonds. The highest BCUT2D eigenvalue weighted by Gasteiger charge is 2.05. The number of hydrogen-bond acceptors (Lipinski definition) is 2. The van der Waals surface area contributed by atoms with Gasteiger partial charge in [0.05, 0.1) is 6.61 Å². The maximum atomic E-state index is 5.69. The Kier molecular flexibility index (Phi) is 6.32. The van der Waals surface area contributed by atoms with Crippen molar-refractivity contribution >= 4 is 10.5 Å². The van der Waals surface area contributed by atoms with E-state index in [2.05, 4.69) is 19.1 Å². The van der Waals surface area contributed by atoms with Gasteiger partial charge in [0.1, 0.15) is 16.8 Å². The minimum absolute atomic E-state index is 0.00294. The summed E-state index contributed by atoms with van der Waals surface area (Å²) < 4.78 is 11.1. The monoisotopic (exact) mass is 224 g/mol. The molecule has 3 heteroatoms. The van der Waals surface area contributed by atoms with Crippen LogP contribution in [0, 0.1) is 0 Å². The van der Waals surface area contributed by atoms with Crippen molar-refractivity contribution in [2.45, 2.75) is 39.1 Å². The van der Waals surface area contributed by atoms with Gasteiger partial charge in [0, 0.05) is 0 Å². The fourth-order valence-electron chi connectivity index (χ4n) is 1.40. The maximum absolute atomic E-state index is 5.69. The smallest absolute Gasteiger partial charge is 0.149 e. The van der Waals surface area contributed by atoms with Gasteiger partial charge in [0.15, 0.2) is 0 Å². The first-order valence-electron chi connectivity index (χ1n) is 5.55. The third kappa shape index (κ3) is 5.11. The number of unbranched alkanes of at least 4 members (excludes halogenated alkanes) is 1. The van der Waals surface area contributed by atoms with E-state index in [0.717, 1.165) is 16.9 Å². The van der Waals surface area contributed by atoms with Crippen molar-refractivity contribution in [1.82, 2.24) is 0 Å². The highest BCUT2D eigenvalue weighted by molar-refractivity contribution is 5.98. The van der Waals surface area contributed by atoms with Crippen LogP contribution >= 0.6 is 0 Å². The van der Waals surface area contributed by atoms with Crippen molar-refractivity contribution in [3.05, 3.63) is 35.9 Å². The second kappa shape index (κ2) is 7.62. The number of ether oxygens (including phenoxy) is 1. The van der Waals surface area contributed by atoms with E-state index < -0.39 is 0 Å². The Morgan fingerprint density at radius 2 is 2.00 bits per heavy atom. The number of hydrogen-bond donors (Lipinski definition) is 0. The molecule has 0 aliphatic rings. The van der Waals surface area contributed by atoms with Gasteiger partial charge in [-0.25, -0.2) is 0 Å². The Labute approximate surface area is 95.1 Å². The summed E-state index contributed by atoms with van der Waals surface area (Å²) in [5.41, 5.74) is 1.21. The van der Waals surface area contributed by atoms with Crippen LogP contribution in [0.15, 0.2) is 30.3 Å². The Balaban J connectivity index is 2.28. The second-order valence-corrected chi connectivity index (χ2v) is 4.08. The summed E-state index contributed by atoms with van der Waals surface area (Å²) in [5.74, 6) is 0. The Morgan fingerprint density at radius 3 is 2.60 bits per heavy atom. The van der Waals surface area contributed by atoms with Gasteiger partial charge in [-0.3, -0.25) is 0 Å². The number of rotatable bonds is 7. The van der Waals surface area contributed by atoms with Crippen LogP contribution in [-0.4, -0.2) is 16.8 Å². The molecule has 0 radical (unpaired) electrons. The zero-order valence-electron chi connectivity index (χ0n) is 9.61. The Morgan fingerprint density at radius 1 is 1.27 bits per heavy atom. The van der Waals surface area contributed by atoms with Crippen LogP contribution in [0.4, 0.5) is 0 Å². The van der Waals surface area contributed by atoms with E-state index in [9.17, 15) is 0 Å². The molecule has 0 aromatic heterocycles. The molecule has 15 heavy (non-hydrogen) atoms. The third-order valence-electron chi connectivity index (χ3n) is 2.33. The molecule has 0 saturated carbocycles. The molecule has 0 saturated heterocycles. The van der Waals surface area contributed by atoms with Crippen LogP contribution in [0.25, 0.3) is 0 Å². The topological polar surface area (TPSA) is 18.5 Å². The molecule has 0 aliphatic carbocycles. The summed E-state index contributed by atoms with van der Waals surface area (Å²) >= 11 is 0. The first-order valence-corrected chi connectivity index (χ1v) is 6.36. The summed E-state index contributed by atoms with van der Waals surface area (Å²) in [6.45, 7) is 2.83. The highest BCUT2D eigenvalue weighted by atomic mass is 28.2. The average Bonchev–Trinajstić information content (AvgIpc) is 2.31. The first kappa shape index (κ1) is 12.4. The lowest BCUT2D eigenvalue weighted by atomic mass is 10.2. The standard InChI is InChI=1S/C12H20O2Si/c1-2-3-9-12(14-15)13-10-11-7-5-4-6-8-11/h4-8,12H,2-3,9-10H2,1,15H3. The van der Waals surface area contributed by atoms with Crippen LogP contribution in [-0.2, 0) is 15.8 Å². The number of benzene rings is 1. The van der Waals surface area contributed by atoms with Crippen LogP contribution in [0.1, 0.15) is 31.7 Å². The fraction of sp³-hybridized carbons (Fsp3) is 0.500. The molecule has 2 nitrogen and oxygen atoms in total. The minimum atomic E-state index is -0.00294. The van der Waals surface area contributed by atoms with Gasteiger partial charge in [-0.1, -0.05) is 43.7 Å². The molecule has 1 atom stereocenters. The molecule has 1 aromatic carbocycles. The molecule has 0 spiro atoms. The van der Waals surface area contributed by atoms with Crippen LogP contribution < -0.4 is 0 Å². The van der Waals surface area contributed by atoms with E-state index in [-0.39, 0.29) is 6.29 Å². The van der Waals surface area contributed by atoms with Gasteiger partial charge in [0.2, 0.25) is 0 Å². The highest BCUT2D eigenvalue weighted by Crippen LogP contribution is 2.09. The van der Waals surface area contributed by atoms with Crippen molar-refractivity contribution in [3.8, 4) is 0 Å². The Hall–Kier alpha value is -0.643. The van der Waals surface area contributed by atoms with E-state index in [1.165, 1.54) is 18.4 Å². The van der Waals surface area contributed by atoms with E-state index in [4.69, 9.17) is 9.16 Å². The van der Waals surface area contributed by atoms with Gasteiger partial charge >= 0.3 is 0 Å². The summed E-state index contributed by atoms with van der Waals surface area (Å²) in [7, 11) is 0.741. The van der Waals surface area contributed by atoms with Crippen LogP contribution in [0.5, 0.6) is 0 Å². The van der Waals surface area contributed by atoms with Gasteiger partial charge in [-0.15, -0.1) is 0 Å². The molecule has 1 aromatic rings. The molecule has 0 heterocycles.